The predicted molar refractivity (Wildman–Crippen MR) is 108 cm³/mol. The van der Waals surface area contributed by atoms with Crippen molar-refractivity contribution in [3.05, 3.63) is 71.3 Å². The van der Waals surface area contributed by atoms with Crippen LogP contribution in [0.1, 0.15) is 12.5 Å². The minimum atomic E-state index is 0.00504. The third kappa shape index (κ3) is 3.97. The van der Waals surface area contributed by atoms with Crippen LogP contribution in [-0.2, 0) is 4.79 Å². The van der Waals surface area contributed by atoms with Gasteiger partial charge in [-0.25, -0.2) is 0 Å². The quantitative estimate of drug-likeness (QED) is 0.722. The van der Waals surface area contributed by atoms with E-state index in [1.165, 1.54) is 10.6 Å². The molecule has 0 aromatic heterocycles. The Morgan fingerprint density at radius 1 is 1.12 bits per heavy atom. The monoisotopic (exact) mass is 350 g/mol. The van der Waals surface area contributed by atoms with Crippen LogP contribution in [0.3, 0.4) is 0 Å². The highest BCUT2D eigenvalue weighted by Crippen LogP contribution is 2.45. The van der Waals surface area contributed by atoms with Crippen LogP contribution in [0.2, 0.25) is 0 Å². The largest absolute Gasteiger partial charge is 0.378 e. The Labute approximate surface area is 153 Å². The molecule has 1 heterocycles. The maximum Gasteiger partial charge on any atom is 0.181 e. The third-order valence-corrected chi connectivity index (χ3v) is 5.18. The number of carbonyl (C=O) groups excluding carboxylic acids is 1. The standard InChI is InChI=1S/C21H22N2OS/c1-4-23-19-7-5-6-8-20(19)25-21(23)15-18(24)14-11-16-9-12-17(13-10-16)22(2)3/h5-15H,4H2,1-3H3/b14-11+,21-15-. The second kappa shape index (κ2) is 7.62. The Balaban J connectivity index is 1.72. The number of thioether (sulfide) groups is 1. The minimum absolute atomic E-state index is 0.00504. The first-order valence-electron chi connectivity index (χ1n) is 8.34. The molecule has 1 aliphatic heterocycles. The van der Waals surface area contributed by atoms with Crippen LogP contribution in [0.15, 0.2) is 70.6 Å². The van der Waals surface area contributed by atoms with Gasteiger partial charge in [0.1, 0.15) is 0 Å². The van der Waals surface area contributed by atoms with E-state index in [4.69, 9.17) is 0 Å². The molecule has 0 spiro atoms. The van der Waals surface area contributed by atoms with Crippen LogP contribution < -0.4 is 9.80 Å². The molecule has 3 rings (SSSR count). The number of rotatable bonds is 5. The maximum absolute atomic E-state index is 12.3. The number of ketones is 1. The van der Waals surface area contributed by atoms with Gasteiger partial charge in [-0.15, -0.1) is 0 Å². The van der Waals surface area contributed by atoms with E-state index in [9.17, 15) is 4.79 Å². The average Bonchev–Trinajstić information content (AvgIpc) is 2.97. The van der Waals surface area contributed by atoms with E-state index in [-0.39, 0.29) is 5.78 Å². The molecule has 1 aliphatic rings. The predicted octanol–water partition coefficient (Wildman–Crippen LogP) is 4.81. The van der Waals surface area contributed by atoms with Gasteiger partial charge in [0, 0.05) is 37.3 Å². The molecule has 2 aromatic rings. The number of nitrogens with zero attached hydrogens (tertiary/aromatic N) is 2. The lowest BCUT2D eigenvalue weighted by molar-refractivity contribution is -0.110. The summed E-state index contributed by atoms with van der Waals surface area (Å²) in [5.74, 6) is 0.00504. The number of hydrogen-bond acceptors (Lipinski definition) is 4. The number of anilines is 2. The van der Waals surface area contributed by atoms with E-state index in [2.05, 4.69) is 28.9 Å². The SMILES string of the molecule is CCN1/C(=C/C(=O)/C=C/c2ccc(N(C)C)cc2)Sc2ccccc21. The summed E-state index contributed by atoms with van der Waals surface area (Å²) in [6, 6.07) is 16.4. The van der Waals surface area contributed by atoms with E-state index in [1.807, 2.05) is 56.6 Å². The lowest BCUT2D eigenvalue weighted by atomic mass is 10.1. The number of hydrogen-bond donors (Lipinski definition) is 0. The normalized spacial score (nSPS) is 15.0. The molecule has 4 heteroatoms. The molecule has 0 saturated heterocycles. The zero-order valence-electron chi connectivity index (χ0n) is 14.8. The summed E-state index contributed by atoms with van der Waals surface area (Å²) < 4.78 is 0. The van der Waals surface area contributed by atoms with Gasteiger partial charge in [-0.1, -0.05) is 42.1 Å². The summed E-state index contributed by atoms with van der Waals surface area (Å²) in [6.45, 7) is 2.95. The molecule has 0 amide bonds. The number of allylic oxidation sites excluding steroid dienone is 2. The molecule has 0 bridgehead atoms. The maximum atomic E-state index is 12.3. The summed E-state index contributed by atoms with van der Waals surface area (Å²) in [4.78, 5) is 17.8. The van der Waals surface area contributed by atoms with Crippen molar-refractivity contribution in [2.45, 2.75) is 11.8 Å². The fraction of sp³-hybridized carbons (Fsp3) is 0.190. The smallest absolute Gasteiger partial charge is 0.181 e. The highest BCUT2D eigenvalue weighted by atomic mass is 32.2. The summed E-state index contributed by atoms with van der Waals surface area (Å²) in [6.07, 6.45) is 5.22. The van der Waals surface area contributed by atoms with Crippen molar-refractivity contribution in [2.75, 3.05) is 30.4 Å². The topological polar surface area (TPSA) is 23.6 Å². The molecule has 0 aliphatic carbocycles. The van der Waals surface area contributed by atoms with E-state index in [0.717, 1.165) is 22.8 Å². The van der Waals surface area contributed by atoms with Gasteiger partial charge < -0.3 is 9.80 Å². The second-order valence-electron chi connectivity index (χ2n) is 6.02. The van der Waals surface area contributed by atoms with Crippen molar-refractivity contribution in [1.29, 1.82) is 0 Å². The van der Waals surface area contributed by atoms with Gasteiger partial charge in [-0.2, -0.15) is 0 Å². The zero-order valence-corrected chi connectivity index (χ0v) is 15.6. The molecule has 0 atom stereocenters. The second-order valence-corrected chi connectivity index (χ2v) is 7.08. The van der Waals surface area contributed by atoms with Gasteiger partial charge in [0.2, 0.25) is 0 Å². The van der Waals surface area contributed by atoms with Crippen molar-refractivity contribution in [2.24, 2.45) is 0 Å². The highest BCUT2D eigenvalue weighted by Gasteiger charge is 2.23. The number of carbonyl (C=O) groups is 1. The van der Waals surface area contributed by atoms with Crippen LogP contribution in [0.25, 0.3) is 6.08 Å². The van der Waals surface area contributed by atoms with Gasteiger partial charge in [0.05, 0.1) is 10.7 Å². The zero-order chi connectivity index (χ0) is 17.8. The molecule has 0 fully saturated rings. The highest BCUT2D eigenvalue weighted by molar-refractivity contribution is 8.03. The first-order chi connectivity index (χ1) is 12.1. The van der Waals surface area contributed by atoms with Gasteiger partial charge in [0.25, 0.3) is 0 Å². The van der Waals surface area contributed by atoms with E-state index >= 15 is 0 Å². The third-order valence-electron chi connectivity index (χ3n) is 4.07. The average molecular weight is 350 g/mol. The molecule has 0 saturated carbocycles. The van der Waals surface area contributed by atoms with E-state index in [1.54, 1.807) is 23.9 Å². The summed E-state index contributed by atoms with van der Waals surface area (Å²) >= 11 is 1.65. The molecule has 0 unspecified atom stereocenters. The van der Waals surface area contributed by atoms with Crippen molar-refractivity contribution in [3.8, 4) is 0 Å². The van der Waals surface area contributed by atoms with E-state index < -0.39 is 0 Å². The van der Waals surface area contributed by atoms with Crippen LogP contribution in [0.4, 0.5) is 11.4 Å². The molecule has 2 aromatic carbocycles. The van der Waals surface area contributed by atoms with Gasteiger partial charge in [0.15, 0.2) is 5.78 Å². The van der Waals surface area contributed by atoms with Gasteiger partial charge >= 0.3 is 0 Å². The first kappa shape index (κ1) is 17.4. The van der Waals surface area contributed by atoms with Crippen LogP contribution in [0, 0.1) is 0 Å². The summed E-state index contributed by atoms with van der Waals surface area (Å²) in [7, 11) is 4.02. The lowest BCUT2D eigenvalue weighted by Gasteiger charge is -2.17. The number of fused-ring (bicyclic) bond motifs is 1. The molecule has 3 nitrogen and oxygen atoms in total. The fourth-order valence-electron chi connectivity index (χ4n) is 2.72. The summed E-state index contributed by atoms with van der Waals surface area (Å²) in [5.41, 5.74) is 3.34. The Morgan fingerprint density at radius 2 is 1.84 bits per heavy atom. The van der Waals surface area contributed by atoms with Gasteiger partial charge in [-0.3, -0.25) is 4.79 Å². The minimum Gasteiger partial charge on any atom is -0.378 e. The van der Waals surface area contributed by atoms with Crippen LogP contribution in [0.5, 0.6) is 0 Å². The Bertz CT molecular complexity index is 822. The summed E-state index contributed by atoms with van der Waals surface area (Å²) in [5, 5.41) is 0.987. The van der Waals surface area contributed by atoms with Crippen LogP contribution in [-0.4, -0.2) is 26.4 Å². The van der Waals surface area contributed by atoms with Gasteiger partial charge in [-0.05, 0) is 42.8 Å². The Hall–Kier alpha value is -2.46. The van der Waals surface area contributed by atoms with Crippen molar-refractivity contribution in [1.82, 2.24) is 0 Å². The fourth-order valence-corrected chi connectivity index (χ4v) is 3.89. The van der Waals surface area contributed by atoms with E-state index in [0.29, 0.717) is 0 Å². The van der Waals surface area contributed by atoms with Crippen molar-refractivity contribution >= 4 is 35.0 Å². The Morgan fingerprint density at radius 3 is 2.52 bits per heavy atom. The first-order valence-corrected chi connectivity index (χ1v) is 9.15. The molecule has 0 radical (unpaired) electrons. The lowest BCUT2D eigenvalue weighted by Crippen LogP contribution is -2.17. The van der Waals surface area contributed by atoms with Crippen molar-refractivity contribution < 1.29 is 4.79 Å². The number of benzene rings is 2. The molecule has 25 heavy (non-hydrogen) atoms. The molecule has 128 valence electrons. The van der Waals surface area contributed by atoms with Crippen molar-refractivity contribution in [3.63, 3.8) is 0 Å². The Kier molecular flexibility index (Phi) is 5.29. The van der Waals surface area contributed by atoms with Crippen LogP contribution >= 0.6 is 11.8 Å². The molecular weight excluding hydrogens is 328 g/mol. The molecule has 0 N–H and O–H groups in total. The molecular formula is C21H22N2OS. The number of para-hydroxylation sites is 1.